The zero-order valence-corrected chi connectivity index (χ0v) is 26.2. The number of carbonyl (C=O) groups is 1. The van der Waals surface area contributed by atoms with Gasteiger partial charge in [0, 0.05) is 24.8 Å². The van der Waals surface area contributed by atoms with Crippen molar-refractivity contribution in [3.63, 3.8) is 0 Å². The molecule has 1 aromatic heterocycles. The van der Waals surface area contributed by atoms with E-state index in [1.165, 1.54) is 11.3 Å². The average Bonchev–Trinajstić information content (AvgIpc) is 3.30. The number of anilines is 1. The minimum absolute atomic E-state index is 0.216. The molecule has 0 N–H and O–H groups in total. The van der Waals surface area contributed by atoms with Crippen molar-refractivity contribution in [1.29, 1.82) is 0 Å². The fraction of sp³-hybridized carbons (Fsp3) is 0.242. The minimum Gasteiger partial charge on any atom is -0.493 e. The van der Waals surface area contributed by atoms with Crippen molar-refractivity contribution in [2.75, 3.05) is 32.7 Å². The molecular weight excluding hydrogens is 586 g/mol. The van der Waals surface area contributed by atoms with E-state index in [-0.39, 0.29) is 12.2 Å². The molecule has 0 fully saturated rings. The van der Waals surface area contributed by atoms with Crippen LogP contribution >= 0.6 is 22.9 Å². The van der Waals surface area contributed by atoms with Gasteiger partial charge in [-0.1, -0.05) is 53.3 Å². The topological polar surface area (TPSA) is 82.4 Å². The van der Waals surface area contributed by atoms with Crippen LogP contribution in [-0.4, -0.2) is 38.3 Å². The maximum Gasteiger partial charge on any atom is 0.338 e. The van der Waals surface area contributed by atoms with Gasteiger partial charge in [-0.15, -0.1) is 0 Å². The number of aromatic nitrogens is 1. The molecule has 1 atom stereocenters. The van der Waals surface area contributed by atoms with Crippen molar-refractivity contribution in [2.45, 2.75) is 26.5 Å². The van der Waals surface area contributed by atoms with E-state index in [4.69, 9.17) is 25.8 Å². The zero-order valence-electron chi connectivity index (χ0n) is 24.6. The summed E-state index contributed by atoms with van der Waals surface area (Å²) >= 11 is 7.25. The highest BCUT2D eigenvalue weighted by molar-refractivity contribution is 7.07. The zero-order chi connectivity index (χ0) is 30.7. The molecule has 0 unspecified atom stereocenters. The number of methoxy groups -OCH3 is 1. The average molecular weight is 618 g/mol. The number of fused-ring (bicyclic) bond motifs is 1. The monoisotopic (exact) mass is 617 g/mol. The molecule has 4 aromatic rings. The first kappa shape index (κ1) is 30.1. The Labute approximate surface area is 258 Å². The van der Waals surface area contributed by atoms with Crippen molar-refractivity contribution < 1.29 is 19.0 Å². The second kappa shape index (κ2) is 12.9. The first-order valence-electron chi connectivity index (χ1n) is 13.7. The van der Waals surface area contributed by atoms with Crippen LogP contribution < -0.4 is 29.3 Å². The third kappa shape index (κ3) is 6.38. The summed E-state index contributed by atoms with van der Waals surface area (Å²) in [6.07, 6.45) is 1.80. The molecule has 0 bridgehead atoms. The normalized spacial score (nSPS) is 14.7. The molecule has 1 aliphatic heterocycles. The highest BCUT2D eigenvalue weighted by atomic mass is 35.5. The van der Waals surface area contributed by atoms with Crippen molar-refractivity contribution in [1.82, 2.24) is 4.57 Å². The number of thiazole rings is 1. The van der Waals surface area contributed by atoms with E-state index in [1.807, 2.05) is 85.7 Å². The van der Waals surface area contributed by atoms with Gasteiger partial charge >= 0.3 is 5.97 Å². The first-order valence-corrected chi connectivity index (χ1v) is 14.9. The lowest BCUT2D eigenvalue weighted by Crippen LogP contribution is -2.39. The number of ether oxygens (including phenoxy) is 3. The Morgan fingerprint density at radius 3 is 2.44 bits per heavy atom. The number of esters is 1. The predicted octanol–water partition coefficient (Wildman–Crippen LogP) is 5.11. The molecule has 0 saturated heterocycles. The lowest BCUT2D eigenvalue weighted by Gasteiger charge is -2.25. The van der Waals surface area contributed by atoms with E-state index >= 15 is 0 Å². The van der Waals surface area contributed by atoms with Crippen molar-refractivity contribution >= 4 is 40.7 Å². The Balaban J connectivity index is 1.54. The molecule has 0 aliphatic carbocycles. The fourth-order valence-electron chi connectivity index (χ4n) is 4.85. The lowest BCUT2D eigenvalue weighted by molar-refractivity contribution is -0.139. The number of hydrogen-bond donors (Lipinski definition) is 0. The number of rotatable bonds is 9. The van der Waals surface area contributed by atoms with Crippen LogP contribution in [0.15, 0.2) is 87.8 Å². The van der Waals surface area contributed by atoms with Crippen LogP contribution in [0.25, 0.3) is 6.08 Å². The Kier molecular flexibility index (Phi) is 9.03. The first-order chi connectivity index (χ1) is 20.7. The van der Waals surface area contributed by atoms with Gasteiger partial charge in [0.05, 0.1) is 35.6 Å². The van der Waals surface area contributed by atoms with Gasteiger partial charge in [-0.05, 0) is 73.0 Å². The van der Waals surface area contributed by atoms with Crippen LogP contribution in [-0.2, 0) is 16.1 Å². The van der Waals surface area contributed by atoms with E-state index < -0.39 is 12.0 Å². The molecule has 0 amide bonds. The van der Waals surface area contributed by atoms with Gasteiger partial charge in [0.25, 0.3) is 5.56 Å². The Hall–Kier alpha value is -4.34. The van der Waals surface area contributed by atoms with Gasteiger partial charge in [-0.2, -0.15) is 0 Å². The van der Waals surface area contributed by atoms with Crippen molar-refractivity contribution in [2.24, 2.45) is 4.99 Å². The maximum atomic E-state index is 13.9. The number of carbonyl (C=O) groups excluding carboxylic acids is 1. The van der Waals surface area contributed by atoms with E-state index in [9.17, 15) is 9.59 Å². The summed E-state index contributed by atoms with van der Waals surface area (Å²) in [4.78, 5) is 34.3. The van der Waals surface area contributed by atoms with E-state index in [1.54, 1.807) is 31.6 Å². The van der Waals surface area contributed by atoms with Gasteiger partial charge in [0.2, 0.25) is 0 Å². The minimum atomic E-state index is -0.674. The molecule has 0 radical (unpaired) electrons. The number of allylic oxidation sites excluding steroid dienone is 1. The molecule has 10 heteroatoms. The van der Waals surface area contributed by atoms with Crippen LogP contribution in [0, 0.1) is 0 Å². The maximum absolute atomic E-state index is 13.9. The summed E-state index contributed by atoms with van der Waals surface area (Å²) in [5.41, 5.74) is 4.15. The largest absolute Gasteiger partial charge is 0.493 e. The third-order valence-electron chi connectivity index (χ3n) is 7.04. The number of halogens is 1. The summed E-state index contributed by atoms with van der Waals surface area (Å²) in [6, 6.07) is 20.1. The third-order valence-corrected chi connectivity index (χ3v) is 8.27. The quantitative estimate of drug-likeness (QED) is 0.243. The smallest absolute Gasteiger partial charge is 0.338 e. The predicted molar refractivity (Wildman–Crippen MR) is 170 cm³/mol. The van der Waals surface area contributed by atoms with Crippen LogP contribution in [0.1, 0.15) is 36.6 Å². The molecule has 0 spiro atoms. The summed E-state index contributed by atoms with van der Waals surface area (Å²) < 4.78 is 19.0. The number of nitrogens with zero attached hydrogens (tertiary/aromatic N) is 3. The van der Waals surface area contributed by atoms with Crippen molar-refractivity contribution in [3.05, 3.63) is 119 Å². The molecule has 43 heavy (non-hydrogen) atoms. The van der Waals surface area contributed by atoms with Crippen LogP contribution in [0.5, 0.6) is 11.5 Å². The number of benzene rings is 3. The van der Waals surface area contributed by atoms with Gasteiger partial charge in [-0.25, -0.2) is 9.79 Å². The van der Waals surface area contributed by atoms with E-state index in [2.05, 4.69) is 4.99 Å². The molecule has 1 aliphatic rings. The molecule has 0 saturated carbocycles. The van der Waals surface area contributed by atoms with Gasteiger partial charge < -0.3 is 19.1 Å². The Morgan fingerprint density at radius 1 is 1.07 bits per heavy atom. The standard InChI is InChI=1S/C33H32ClN3O5S/c1-6-41-32(39)29-20(2)35-33-37(30(29)23-10-14-25(15-11-23)36(3)4)31(38)28(43-33)18-22-9-16-26(27(17-22)40-5)42-19-21-7-12-24(34)13-8-21/h7-18,30H,6,19H2,1-5H3/t30-/m1/s1. The van der Waals surface area contributed by atoms with Crippen LogP contribution in [0.3, 0.4) is 0 Å². The molecule has 5 rings (SSSR count). The van der Waals surface area contributed by atoms with Crippen LogP contribution in [0.2, 0.25) is 5.02 Å². The summed E-state index contributed by atoms with van der Waals surface area (Å²) in [6.45, 7) is 4.10. The number of hydrogen-bond acceptors (Lipinski definition) is 8. The summed E-state index contributed by atoms with van der Waals surface area (Å²) in [5, 5.41) is 0.664. The van der Waals surface area contributed by atoms with Crippen LogP contribution in [0.4, 0.5) is 5.69 Å². The molecular formula is C33H32ClN3O5S. The lowest BCUT2D eigenvalue weighted by atomic mass is 9.95. The van der Waals surface area contributed by atoms with Gasteiger partial charge in [0.15, 0.2) is 16.3 Å². The van der Waals surface area contributed by atoms with E-state index in [0.29, 0.717) is 43.7 Å². The SMILES string of the molecule is CCOC(=O)C1=C(C)N=c2sc(=Cc3ccc(OCc4ccc(Cl)cc4)c(OC)c3)c(=O)n2[C@@H]1c1ccc(N(C)C)cc1. The molecule has 2 heterocycles. The van der Waals surface area contributed by atoms with E-state index in [0.717, 1.165) is 22.4 Å². The van der Waals surface area contributed by atoms with Gasteiger partial charge in [-0.3, -0.25) is 9.36 Å². The highest BCUT2D eigenvalue weighted by Crippen LogP contribution is 2.32. The Bertz CT molecular complexity index is 1860. The summed E-state index contributed by atoms with van der Waals surface area (Å²) in [7, 11) is 5.49. The molecule has 3 aromatic carbocycles. The Morgan fingerprint density at radius 2 is 1.79 bits per heavy atom. The second-order valence-electron chi connectivity index (χ2n) is 10.1. The second-order valence-corrected chi connectivity index (χ2v) is 11.6. The molecule has 222 valence electrons. The van der Waals surface area contributed by atoms with Crippen molar-refractivity contribution in [3.8, 4) is 11.5 Å². The van der Waals surface area contributed by atoms with Gasteiger partial charge in [0.1, 0.15) is 6.61 Å². The molecule has 8 nitrogen and oxygen atoms in total. The highest BCUT2D eigenvalue weighted by Gasteiger charge is 2.33. The fourth-order valence-corrected chi connectivity index (χ4v) is 6.02. The summed E-state index contributed by atoms with van der Waals surface area (Å²) in [5.74, 6) is 0.625.